The van der Waals surface area contributed by atoms with Crippen molar-refractivity contribution in [3.05, 3.63) is 23.2 Å². The van der Waals surface area contributed by atoms with E-state index < -0.39 is 0 Å². The van der Waals surface area contributed by atoms with E-state index in [-0.39, 0.29) is 6.04 Å². The number of ether oxygens (including phenoxy) is 2. The standard InChI is InChI=1S/C13H21ClN2O2/c1-10(9-18-3)16(7-8-17-2)13-11(14)5-4-6-12(13)15/h4-6,10H,7-9,15H2,1-3H3. The number of nitrogens with zero attached hydrogens (tertiary/aromatic N) is 1. The maximum Gasteiger partial charge on any atom is 0.0793 e. The molecular weight excluding hydrogens is 252 g/mol. The fourth-order valence-electron chi connectivity index (χ4n) is 1.91. The van der Waals surface area contributed by atoms with Crippen LogP contribution in [-0.4, -0.2) is 40.0 Å². The highest BCUT2D eigenvalue weighted by Crippen LogP contribution is 2.33. The van der Waals surface area contributed by atoms with Gasteiger partial charge in [0.25, 0.3) is 0 Å². The Bertz CT molecular complexity index is 354. The van der Waals surface area contributed by atoms with E-state index in [2.05, 4.69) is 11.8 Å². The van der Waals surface area contributed by atoms with Crippen molar-refractivity contribution >= 4 is 23.0 Å². The molecule has 0 saturated heterocycles. The second kappa shape index (κ2) is 7.46. The molecule has 0 aliphatic heterocycles. The van der Waals surface area contributed by atoms with Crippen LogP contribution in [0.4, 0.5) is 11.4 Å². The SMILES string of the molecule is COCCN(c1c(N)cccc1Cl)C(C)COC. The summed E-state index contributed by atoms with van der Waals surface area (Å²) in [6, 6.07) is 5.70. The van der Waals surface area contributed by atoms with Crippen LogP contribution < -0.4 is 10.6 Å². The van der Waals surface area contributed by atoms with Crippen LogP contribution in [0, 0.1) is 0 Å². The average molecular weight is 273 g/mol. The van der Waals surface area contributed by atoms with E-state index in [0.717, 1.165) is 12.2 Å². The zero-order valence-corrected chi connectivity index (χ0v) is 11.9. The van der Waals surface area contributed by atoms with E-state index in [1.807, 2.05) is 18.2 Å². The van der Waals surface area contributed by atoms with Gasteiger partial charge in [-0.2, -0.15) is 0 Å². The summed E-state index contributed by atoms with van der Waals surface area (Å²) in [5, 5.41) is 0.647. The van der Waals surface area contributed by atoms with Gasteiger partial charge < -0.3 is 20.1 Å². The van der Waals surface area contributed by atoms with Gasteiger partial charge in [-0.15, -0.1) is 0 Å². The van der Waals surface area contributed by atoms with Gasteiger partial charge in [0.05, 0.1) is 29.6 Å². The van der Waals surface area contributed by atoms with Crippen molar-refractivity contribution in [2.24, 2.45) is 0 Å². The molecule has 0 aliphatic rings. The molecule has 1 unspecified atom stereocenters. The van der Waals surface area contributed by atoms with E-state index >= 15 is 0 Å². The van der Waals surface area contributed by atoms with Crippen LogP contribution in [0.25, 0.3) is 0 Å². The topological polar surface area (TPSA) is 47.7 Å². The van der Waals surface area contributed by atoms with Crippen LogP contribution in [0.2, 0.25) is 5.02 Å². The summed E-state index contributed by atoms with van der Waals surface area (Å²) in [5.74, 6) is 0. The molecule has 1 aromatic rings. The van der Waals surface area contributed by atoms with Gasteiger partial charge >= 0.3 is 0 Å². The summed E-state index contributed by atoms with van der Waals surface area (Å²) in [5.41, 5.74) is 7.54. The highest BCUT2D eigenvalue weighted by Gasteiger charge is 2.19. The minimum Gasteiger partial charge on any atom is -0.397 e. The van der Waals surface area contributed by atoms with E-state index in [1.165, 1.54) is 0 Å². The summed E-state index contributed by atoms with van der Waals surface area (Å²) >= 11 is 6.24. The summed E-state index contributed by atoms with van der Waals surface area (Å²) < 4.78 is 10.3. The molecule has 1 aromatic carbocycles. The first-order valence-electron chi connectivity index (χ1n) is 5.90. The van der Waals surface area contributed by atoms with Crippen molar-refractivity contribution in [3.8, 4) is 0 Å². The molecule has 2 N–H and O–H groups in total. The fraction of sp³-hybridized carbons (Fsp3) is 0.538. The quantitative estimate of drug-likeness (QED) is 0.775. The molecule has 0 heterocycles. The predicted molar refractivity (Wildman–Crippen MR) is 76.4 cm³/mol. The predicted octanol–water partition coefficient (Wildman–Crippen LogP) is 2.41. The average Bonchev–Trinajstić information content (AvgIpc) is 2.33. The Balaban J connectivity index is 3.00. The van der Waals surface area contributed by atoms with Crippen LogP contribution in [0.1, 0.15) is 6.92 Å². The Morgan fingerprint density at radius 1 is 1.33 bits per heavy atom. The summed E-state index contributed by atoms with van der Waals surface area (Å²) in [6.07, 6.45) is 0. The number of anilines is 2. The molecule has 0 amide bonds. The zero-order valence-electron chi connectivity index (χ0n) is 11.1. The molecule has 0 aliphatic carbocycles. The van der Waals surface area contributed by atoms with Crippen LogP contribution in [0.5, 0.6) is 0 Å². The Labute approximate surface area is 114 Å². The first-order chi connectivity index (χ1) is 8.61. The third kappa shape index (κ3) is 3.77. The normalized spacial score (nSPS) is 12.4. The molecule has 102 valence electrons. The first-order valence-corrected chi connectivity index (χ1v) is 6.28. The Morgan fingerprint density at radius 2 is 2.06 bits per heavy atom. The molecule has 0 saturated carbocycles. The number of halogens is 1. The lowest BCUT2D eigenvalue weighted by atomic mass is 10.2. The molecule has 5 heteroatoms. The number of nitrogens with two attached hydrogens (primary N) is 1. The third-order valence-electron chi connectivity index (χ3n) is 2.78. The second-order valence-electron chi connectivity index (χ2n) is 4.17. The number of benzene rings is 1. The van der Waals surface area contributed by atoms with Gasteiger partial charge in [0.1, 0.15) is 0 Å². The van der Waals surface area contributed by atoms with Crippen molar-refractivity contribution in [1.82, 2.24) is 0 Å². The van der Waals surface area contributed by atoms with Gasteiger partial charge in [0.15, 0.2) is 0 Å². The molecule has 1 atom stereocenters. The summed E-state index contributed by atoms with van der Waals surface area (Å²) in [7, 11) is 3.36. The highest BCUT2D eigenvalue weighted by molar-refractivity contribution is 6.34. The highest BCUT2D eigenvalue weighted by atomic mass is 35.5. The minimum absolute atomic E-state index is 0.173. The fourth-order valence-corrected chi connectivity index (χ4v) is 2.20. The second-order valence-corrected chi connectivity index (χ2v) is 4.58. The van der Waals surface area contributed by atoms with Crippen molar-refractivity contribution in [2.75, 3.05) is 44.6 Å². The number of para-hydroxylation sites is 1. The Hall–Kier alpha value is -0.970. The third-order valence-corrected chi connectivity index (χ3v) is 3.09. The summed E-state index contributed by atoms with van der Waals surface area (Å²) in [6.45, 7) is 4.00. The Morgan fingerprint density at radius 3 is 2.61 bits per heavy atom. The number of hydrogen-bond donors (Lipinski definition) is 1. The van der Waals surface area contributed by atoms with Crippen molar-refractivity contribution in [3.63, 3.8) is 0 Å². The monoisotopic (exact) mass is 272 g/mol. The number of rotatable bonds is 7. The van der Waals surface area contributed by atoms with E-state index in [9.17, 15) is 0 Å². The maximum atomic E-state index is 6.24. The van der Waals surface area contributed by atoms with Crippen molar-refractivity contribution < 1.29 is 9.47 Å². The maximum absolute atomic E-state index is 6.24. The molecule has 18 heavy (non-hydrogen) atoms. The molecule has 0 aromatic heterocycles. The minimum atomic E-state index is 0.173. The first kappa shape index (κ1) is 15.1. The van der Waals surface area contributed by atoms with E-state index in [4.69, 9.17) is 26.8 Å². The molecule has 0 spiro atoms. The van der Waals surface area contributed by atoms with E-state index in [1.54, 1.807) is 14.2 Å². The van der Waals surface area contributed by atoms with Crippen LogP contribution in [0.3, 0.4) is 0 Å². The number of methoxy groups -OCH3 is 2. The molecular formula is C13H21ClN2O2. The smallest absolute Gasteiger partial charge is 0.0793 e. The van der Waals surface area contributed by atoms with E-state index in [0.29, 0.717) is 23.9 Å². The van der Waals surface area contributed by atoms with Gasteiger partial charge in [-0.25, -0.2) is 0 Å². The molecule has 0 fully saturated rings. The van der Waals surface area contributed by atoms with Crippen LogP contribution in [-0.2, 0) is 9.47 Å². The lowest BCUT2D eigenvalue weighted by Crippen LogP contribution is -2.39. The van der Waals surface area contributed by atoms with Gasteiger partial charge in [-0.3, -0.25) is 0 Å². The van der Waals surface area contributed by atoms with Gasteiger partial charge in [-0.1, -0.05) is 17.7 Å². The van der Waals surface area contributed by atoms with Gasteiger partial charge in [0.2, 0.25) is 0 Å². The van der Waals surface area contributed by atoms with Crippen molar-refractivity contribution in [2.45, 2.75) is 13.0 Å². The lowest BCUT2D eigenvalue weighted by Gasteiger charge is -2.32. The summed E-state index contributed by atoms with van der Waals surface area (Å²) in [4.78, 5) is 2.12. The van der Waals surface area contributed by atoms with Crippen molar-refractivity contribution in [1.29, 1.82) is 0 Å². The van der Waals surface area contributed by atoms with Gasteiger partial charge in [0, 0.05) is 26.8 Å². The zero-order chi connectivity index (χ0) is 13.5. The number of hydrogen-bond acceptors (Lipinski definition) is 4. The largest absolute Gasteiger partial charge is 0.397 e. The lowest BCUT2D eigenvalue weighted by molar-refractivity contribution is 0.171. The van der Waals surface area contributed by atoms with Gasteiger partial charge in [-0.05, 0) is 19.1 Å². The molecule has 0 radical (unpaired) electrons. The Kier molecular flexibility index (Phi) is 6.25. The molecule has 0 bridgehead atoms. The number of nitrogen functional groups attached to an aromatic ring is 1. The van der Waals surface area contributed by atoms with Crippen LogP contribution in [0.15, 0.2) is 18.2 Å². The molecule has 1 rings (SSSR count). The molecule has 4 nitrogen and oxygen atoms in total. The van der Waals surface area contributed by atoms with Crippen LogP contribution >= 0.6 is 11.6 Å².